The maximum Gasteiger partial charge on any atom is 0.346 e. The summed E-state index contributed by atoms with van der Waals surface area (Å²) in [5.41, 5.74) is 2.93. The molecule has 3 rings (SSSR count). The Balaban J connectivity index is 1.86. The number of urea groups is 1. The molecule has 0 bridgehead atoms. The van der Waals surface area contributed by atoms with Crippen LogP contribution >= 0.6 is 0 Å². The Bertz CT molecular complexity index is 424. The topological polar surface area (TPSA) is 55.2 Å². The second-order valence-corrected chi connectivity index (χ2v) is 4.34. The molecule has 2 amide bonds. The van der Waals surface area contributed by atoms with Crippen LogP contribution in [-0.4, -0.2) is 19.1 Å². The summed E-state index contributed by atoms with van der Waals surface area (Å²) in [6.45, 7) is 2.16. The Morgan fingerprint density at radius 2 is 2.06 bits per heavy atom. The van der Waals surface area contributed by atoms with Crippen molar-refractivity contribution in [2.24, 2.45) is 0 Å². The highest BCUT2D eigenvalue weighted by molar-refractivity contribution is 6.02. The van der Waals surface area contributed by atoms with E-state index in [1.807, 2.05) is 12.1 Å². The predicted octanol–water partition coefficient (Wildman–Crippen LogP) is 1.93. The van der Waals surface area contributed by atoms with Crippen LogP contribution < -0.4 is 16.0 Å². The Morgan fingerprint density at radius 3 is 2.88 bits per heavy atom. The van der Waals surface area contributed by atoms with E-state index >= 15 is 0 Å². The number of benzene rings is 1. The van der Waals surface area contributed by atoms with E-state index < -0.39 is 0 Å². The lowest BCUT2D eigenvalue weighted by molar-refractivity contribution is 0.256. The summed E-state index contributed by atoms with van der Waals surface area (Å²) in [6.07, 6.45) is 2.33. The lowest BCUT2D eigenvalue weighted by atomic mass is 9.90. The number of piperidine rings is 1. The fourth-order valence-corrected chi connectivity index (χ4v) is 2.41. The van der Waals surface area contributed by atoms with Crippen molar-refractivity contribution in [2.45, 2.75) is 18.8 Å². The molecule has 1 fully saturated rings. The van der Waals surface area contributed by atoms with Gasteiger partial charge in [0.15, 0.2) is 0 Å². The molecule has 0 aromatic heterocycles. The van der Waals surface area contributed by atoms with Gasteiger partial charge in [0.1, 0.15) is 0 Å². The maximum absolute atomic E-state index is 11.1. The van der Waals surface area contributed by atoms with Gasteiger partial charge in [-0.3, -0.25) is 0 Å². The Labute approximate surface area is 94.4 Å². The Kier molecular flexibility index (Phi) is 2.29. The first kappa shape index (κ1) is 9.66. The minimum atomic E-state index is -0.252. The van der Waals surface area contributed by atoms with E-state index in [0.29, 0.717) is 5.92 Å². The third-order valence-electron chi connectivity index (χ3n) is 3.30. The van der Waals surface area contributed by atoms with Crippen LogP contribution in [0.5, 0.6) is 0 Å². The van der Waals surface area contributed by atoms with Crippen LogP contribution in [0.15, 0.2) is 18.2 Å². The van der Waals surface area contributed by atoms with Crippen LogP contribution in [0.4, 0.5) is 16.2 Å². The van der Waals surface area contributed by atoms with Gasteiger partial charge in [-0.1, -0.05) is 6.07 Å². The van der Waals surface area contributed by atoms with Gasteiger partial charge >= 0.3 is 6.03 Å². The molecule has 83 valence electrons. The number of anilines is 1. The second-order valence-electron chi connectivity index (χ2n) is 4.34. The molecule has 0 spiro atoms. The molecule has 1 saturated heterocycles. The molecule has 2 aliphatic heterocycles. The molecule has 1 aromatic rings. The SMILES string of the molecule is O=C1[N]c2cc(C3CCNCC3)ccc2N1. The van der Waals surface area contributed by atoms with Gasteiger partial charge in [-0.2, -0.15) is 5.32 Å². The van der Waals surface area contributed by atoms with Crippen LogP contribution in [-0.2, 0) is 0 Å². The maximum atomic E-state index is 11.1. The van der Waals surface area contributed by atoms with Gasteiger partial charge in [0.25, 0.3) is 0 Å². The van der Waals surface area contributed by atoms with Crippen molar-refractivity contribution >= 4 is 17.4 Å². The van der Waals surface area contributed by atoms with Crippen molar-refractivity contribution in [3.63, 3.8) is 0 Å². The molecule has 1 radical (unpaired) electrons. The number of hydrogen-bond acceptors (Lipinski definition) is 2. The summed E-state index contributed by atoms with van der Waals surface area (Å²) < 4.78 is 0. The third kappa shape index (κ3) is 1.65. The van der Waals surface area contributed by atoms with Gasteiger partial charge in [-0.25, -0.2) is 4.79 Å². The van der Waals surface area contributed by atoms with E-state index in [9.17, 15) is 4.79 Å². The fourth-order valence-electron chi connectivity index (χ4n) is 2.41. The van der Waals surface area contributed by atoms with E-state index in [1.165, 1.54) is 18.4 Å². The molecule has 2 heterocycles. The third-order valence-corrected chi connectivity index (χ3v) is 3.30. The van der Waals surface area contributed by atoms with Crippen molar-refractivity contribution in [3.05, 3.63) is 23.8 Å². The van der Waals surface area contributed by atoms with Gasteiger partial charge in [0.05, 0.1) is 11.4 Å². The lowest BCUT2D eigenvalue weighted by Crippen LogP contribution is -2.26. The average molecular weight is 216 g/mol. The second kappa shape index (κ2) is 3.79. The predicted molar refractivity (Wildman–Crippen MR) is 62.1 cm³/mol. The van der Waals surface area contributed by atoms with E-state index in [2.05, 4.69) is 22.0 Å². The number of carbonyl (C=O) groups excluding carboxylic acids is 1. The highest BCUT2D eigenvalue weighted by atomic mass is 16.2. The number of nitrogens with one attached hydrogen (secondary N) is 2. The minimum Gasteiger partial charge on any atom is -0.317 e. The van der Waals surface area contributed by atoms with E-state index in [0.717, 1.165) is 24.5 Å². The standard InChI is InChI=1S/C12H14N3O/c16-12-14-10-2-1-9(7-11(10)15-12)8-3-5-13-6-4-8/h1-2,7-8,13H,3-6H2,(H,14,16). The van der Waals surface area contributed by atoms with Crippen molar-refractivity contribution in [1.29, 1.82) is 0 Å². The van der Waals surface area contributed by atoms with Crippen molar-refractivity contribution in [2.75, 3.05) is 18.4 Å². The van der Waals surface area contributed by atoms with Gasteiger partial charge in [0, 0.05) is 0 Å². The number of carbonyl (C=O) groups is 1. The Hall–Kier alpha value is -1.55. The molecule has 2 aliphatic rings. The van der Waals surface area contributed by atoms with E-state index in [4.69, 9.17) is 0 Å². The van der Waals surface area contributed by atoms with Crippen LogP contribution in [0.3, 0.4) is 0 Å². The monoisotopic (exact) mass is 216 g/mol. The molecule has 0 unspecified atom stereocenters. The first-order valence-electron chi connectivity index (χ1n) is 5.70. The highest BCUT2D eigenvalue weighted by Crippen LogP contribution is 2.33. The molecule has 0 aliphatic carbocycles. The van der Waals surface area contributed by atoms with Crippen molar-refractivity contribution in [1.82, 2.24) is 10.6 Å². The number of hydrogen-bond donors (Lipinski definition) is 2. The number of rotatable bonds is 1. The quantitative estimate of drug-likeness (QED) is 0.753. The molecule has 0 saturated carbocycles. The molecular weight excluding hydrogens is 202 g/mol. The van der Waals surface area contributed by atoms with E-state index in [1.54, 1.807) is 0 Å². The van der Waals surface area contributed by atoms with Gasteiger partial charge in [-0.05, 0) is 49.5 Å². The van der Waals surface area contributed by atoms with Crippen LogP contribution in [0, 0.1) is 0 Å². The molecule has 4 heteroatoms. The summed E-state index contributed by atoms with van der Waals surface area (Å²) in [6, 6.07) is 5.86. The largest absolute Gasteiger partial charge is 0.346 e. The van der Waals surface area contributed by atoms with Crippen LogP contribution in [0.25, 0.3) is 0 Å². The molecule has 16 heavy (non-hydrogen) atoms. The van der Waals surface area contributed by atoms with E-state index in [-0.39, 0.29) is 6.03 Å². The normalized spacial score (nSPS) is 20.1. The summed E-state index contributed by atoms with van der Waals surface area (Å²) >= 11 is 0. The number of amides is 2. The fraction of sp³-hybridized carbons (Fsp3) is 0.417. The molecule has 2 N–H and O–H groups in total. The van der Waals surface area contributed by atoms with Gasteiger partial charge in [0.2, 0.25) is 0 Å². The summed E-state index contributed by atoms with van der Waals surface area (Å²) in [5, 5.41) is 10.0. The zero-order chi connectivity index (χ0) is 11.0. The van der Waals surface area contributed by atoms with Crippen molar-refractivity contribution in [3.8, 4) is 0 Å². The molecule has 0 atom stereocenters. The van der Waals surface area contributed by atoms with Gasteiger partial charge in [-0.15, -0.1) is 0 Å². The molecule has 1 aromatic carbocycles. The van der Waals surface area contributed by atoms with Gasteiger partial charge < -0.3 is 10.6 Å². The average Bonchev–Trinajstić information content (AvgIpc) is 2.69. The summed E-state index contributed by atoms with van der Waals surface area (Å²) in [5.74, 6) is 0.609. The zero-order valence-corrected chi connectivity index (χ0v) is 8.99. The highest BCUT2D eigenvalue weighted by Gasteiger charge is 2.21. The lowest BCUT2D eigenvalue weighted by Gasteiger charge is -2.23. The first-order chi connectivity index (χ1) is 7.83. The first-order valence-corrected chi connectivity index (χ1v) is 5.70. The molecular formula is C12H14N3O. The van der Waals surface area contributed by atoms with Crippen LogP contribution in [0.2, 0.25) is 0 Å². The smallest absolute Gasteiger partial charge is 0.317 e. The van der Waals surface area contributed by atoms with Crippen molar-refractivity contribution < 1.29 is 4.79 Å². The molecule has 4 nitrogen and oxygen atoms in total. The zero-order valence-electron chi connectivity index (χ0n) is 8.99. The summed E-state index contributed by atoms with van der Waals surface area (Å²) in [4.78, 5) is 11.1. The minimum absolute atomic E-state index is 0.252. The summed E-state index contributed by atoms with van der Waals surface area (Å²) in [7, 11) is 0. The Morgan fingerprint density at radius 1 is 1.25 bits per heavy atom. The number of fused-ring (bicyclic) bond motifs is 1. The number of nitrogens with zero attached hydrogens (tertiary/aromatic N) is 1. The van der Waals surface area contributed by atoms with Crippen LogP contribution in [0.1, 0.15) is 24.3 Å².